The van der Waals surface area contributed by atoms with Crippen molar-refractivity contribution in [1.82, 2.24) is 4.90 Å². The van der Waals surface area contributed by atoms with Crippen LogP contribution in [0.5, 0.6) is 0 Å². The van der Waals surface area contributed by atoms with Gasteiger partial charge in [-0.15, -0.1) is 0 Å². The molecule has 1 heterocycles. The van der Waals surface area contributed by atoms with Gasteiger partial charge in [0.25, 0.3) is 0 Å². The third-order valence-corrected chi connectivity index (χ3v) is 4.91. The predicted molar refractivity (Wildman–Crippen MR) is 91.7 cm³/mol. The van der Waals surface area contributed by atoms with Gasteiger partial charge in [0.05, 0.1) is 18.6 Å². The fraction of sp³-hybridized carbons (Fsp3) is 0.526. The maximum Gasteiger partial charge on any atom is 0.417 e. The number of hydrogen-bond donors (Lipinski definition) is 1. The van der Waals surface area contributed by atoms with E-state index in [1.807, 2.05) is 30.3 Å². The minimum absolute atomic E-state index is 0.132. The van der Waals surface area contributed by atoms with E-state index in [-0.39, 0.29) is 18.6 Å². The molecule has 0 bridgehead atoms. The topological polar surface area (TPSA) is 83.9 Å². The summed E-state index contributed by atoms with van der Waals surface area (Å²) in [7, 11) is 0. The average molecular weight is 347 g/mol. The second-order valence-electron chi connectivity index (χ2n) is 6.94. The summed E-state index contributed by atoms with van der Waals surface area (Å²) in [5, 5.41) is 10.3. The minimum atomic E-state index is -1.16. The minimum Gasteiger partial charge on any atom is -0.439 e. The van der Waals surface area contributed by atoms with E-state index >= 15 is 0 Å². The molecule has 0 aliphatic carbocycles. The van der Waals surface area contributed by atoms with Gasteiger partial charge in [0.15, 0.2) is 0 Å². The molecule has 0 unspecified atom stereocenters. The normalized spacial score (nSPS) is 21.8. The lowest BCUT2D eigenvalue weighted by atomic mass is 9.79. The van der Waals surface area contributed by atoms with E-state index < -0.39 is 35.7 Å². The number of cyclic esters (lactones) is 1. The molecule has 3 atom stereocenters. The Morgan fingerprint density at radius 2 is 1.88 bits per heavy atom. The lowest BCUT2D eigenvalue weighted by Gasteiger charge is -2.29. The molecule has 0 aromatic heterocycles. The van der Waals surface area contributed by atoms with Crippen LogP contribution >= 0.6 is 0 Å². The number of rotatable bonds is 6. The molecule has 0 radical (unpaired) electrons. The van der Waals surface area contributed by atoms with Crippen LogP contribution in [-0.2, 0) is 14.3 Å². The first kappa shape index (κ1) is 19.1. The molecule has 2 rings (SSSR count). The molecule has 2 amide bonds. The van der Waals surface area contributed by atoms with Gasteiger partial charge < -0.3 is 9.84 Å². The third kappa shape index (κ3) is 3.74. The molecular formula is C19H25NO5. The van der Waals surface area contributed by atoms with E-state index in [4.69, 9.17) is 4.74 Å². The van der Waals surface area contributed by atoms with Gasteiger partial charge in [-0.2, -0.15) is 0 Å². The fourth-order valence-electron chi connectivity index (χ4n) is 3.04. The zero-order valence-corrected chi connectivity index (χ0v) is 15.1. The maximum atomic E-state index is 12.6. The van der Waals surface area contributed by atoms with Gasteiger partial charge in [-0.05, 0) is 12.5 Å². The van der Waals surface area contributed by atoms with Crippen molar-refractivity contribution in [3.63, 3.8) is 0 Å². The van der Waals surface area contributed by atoms with Gasteiger partial charge in [0.1, 0.15) is 11.9 Å². The molecule has 1 aromatic rings. The van der Waals surface area contributed by atoms with Gasteiger partial charge >= 0.3 is 6.09 Å². The highest BCUT2D eigenvalue weighted by molar-refractivity contribution is 5.94. The number of imide groups is 1. The molecule has 6 heteroatoms. The number of nitrogens with zero attached hydrogens (tertiary/aromatic N) is 1. The van der Waals surface area contributed by atoms with Gasteiger partial charge in [-0.25, -0.2) is 9.69 Å². The summed E-state index contributed by atoms with van der Waals surface area (Å²) < 4.78 is 5.35. The van der Waals surface area contributed by atoms with Crippen LogP contribution < -0.4 is 0 Å². The Kier molecular flexibility index (Phi) is 5.62. The van der Waals surface area contributed by atoms with Crippen molar-refractivity contribution in [3.05, 3.63) is 35.9 Å². The van der Waals surface area contributed by atoms with Crippen LogP contribution in [0.25, 0.3) is 0 Å². The van der Waals surface area contributed by atoms with Crippen molar-refractivity contribution in [3.8, 4) is 0 Å². The molecule has 1 aromatic carbocycles. The largest absolute Gasteiger partial charge is 0.439 e. The number of aliphatic hydroxyl groups excluding tert-OH is 1. The Hall–Kier alpha value is -2.21. The molecule has 1 fully saturated rings. The first-order valence-corrected chi connectivity index (χ1v) is 8.49. The van der Waals surface area contributed by atoms with E-state index in [1.165, 1.54) is 0 Å². The number of benzene rings is 1. The standard InChI is InChI=1S/C19H25NO5/c1-5-14(21)19(3,4)15(22)11-16(23)20-12(2)17(25-18(20)24)13-9-7-6-8-10-13/h6-10,12,15,17,22H,5,11H2,1-4H3/t12-,15+,17-/m1/s1. The summed E-state index contributed by atoms with van der Waals surface area (Å²) >= 11 is 0. The molecule has 136 valence electrons. The van der Waals surface area contributed by atoms with Crippen molar-refractivity contribution < 1.29 is 24.2 Å². The Morgan fingerprint density at radius 3 is 2.44 bits per heavy atom. The van der Waals surface area contributed by atoms with Gasteiger partial charge in [0, 0.05) is 11.8 Å². The molecule has 25 heavy (non-hydrogen) atoms. The average Bonchev–Trinajstić information content (AvgIpc) is 2.89. The summed E-state index contributed by atoms with van der Waals surface area (Å²) in [6.45, 7) is 6.66. The molecule has 1 N–H and O–H groups in total. The monoisotopic (exact) mass is 347 g/mol. The number of ketones is 1. The third-order valence-electron chi connectivity index (χ3n) is 4.91. The van der Waals surface area contributed by atoms with Crippen LogP contribution in [0.1, 0.15) is 52.2 Å². The van der Waals surface area contributed by atoms with Crippen LogP contribution in [0, 0.1) is 5.41 Å². The van der Waals surface area contributed by atoms with Crippen molar-refractivity contribution in [2.75, 3.05) is 0 Å². The molecule has 1 aliphatic heterocycles. The maximum absolute atomic E-state index is 12.6. The van der Waals surface area contributed by atoms with Gasteiger partial charge in [-0.3, -0.25) is 9.59 Å². The van der Waals surface area contributed by atoms with Crippen molar-refractivity contribution in [2.45, 2.75) is 58.8 Å². The molecule has 0 spiro atoms. The molecular weight excluding hydrogens is 322 g/mol. The number of Topliss-reactive ketones (excluding diaryl/α,β-unsaturated/α-hetero) is 1. The van der Waals surface area contributed by atoms with E-state index in [2.05, 4.69) is 0 Å². The van der Waals surface area contributed by atoms with Crippen LogP contribution in [0.4, 0.5) is 4.79 Å². The Morgan fingerprint density at radius 1 is 1.28 bits per heavy atom. The lowest BCUT2D eigenvalue weighted by Crippen LogP contribution is -2.44. The summed E-state index contributed by atoms with van der Waals surface area (Å²) in [5.74, 6) is -0.674. The smallest absolute Gasteiger partial charge is 0.417 e. The SMILES string of the molecule is CCC(=O)C(C)(C)[C@@H](O)CC(=O)N1C(=O)O[C@@H](c2ccccc2)[C@H]1C. The number of carbonyl (C=O) groups is 3. The van der Waals surface area contributed by atoms with Crippen LogP contribution in [-0.4, -0.2) is 39.9 Å². The van der Waals surface area contributed by atoms with Gasteiger partial charge in [-0.1, -0.05) is 51.1 Å². The highest BCUT2D eigenvalue weighted by Gasteiger charge is 2.45. The van der Waals surface area contributed by atoms with E-state index in [9.17, 15) is 19.5 Å². The first-order valence-electron chi connectivity index (χ1n) is 8.49. The Bertz CT molecular complexity index is 655. The van der Waals surface area contributed by atoms with E-state index in [1.54, 1.807) is 27.7 Å². The highest BCUT2D eigenvalue weighted by atomic mass is 16.6. The number of ether oxygens (including phenoxy) is 1. The van der Waals surface area contributed by atoms with Crippen LogP contribution in [0.2, 0.25) is 0 Å². The summed E-state index contributed by atoms with van der Waals surface area (Å²) in [4.78, 5) is 37.7. The Balaban J connectivity index is 2.12. The first-order chi connectivity index (χ1) is 11.7. The van der Waals surface area contributed by atoms with Crippen molar-refractivity contribution in [1.29, 1.82) is 0 Å². The summed E-state index contributed by atoms with van der Waals surface area (Å²) in [6, 6.07) is 8.71. The van der Waals surface area contributed by atoms with Crippen LogP contribution in [0.15, 0.2) is 30.3 Å². The fourth-order valence-corrected chi connectivity index (χ4v) is 3.04. The Labute approximate surface area is 147 Å². The molecule has 1 aliphatic rings. The lowest BCUT2D eigenvalue weighted by molar-refractivity contribution is -0.138. The number of aliphatic hydroxyl groups is 1. The molecule has 6 nitrogen and oxygen atoms in total. The van der Waals surface area contributed by atoms with Crippen LogP contribution in [0.3, 0.4) is 0 Å². The zero-order chi connectivity index (χ0) is 18.8. The second kappa shape index (κ2) is 7.35. The molecule has 1 saturated heterocycles. The van der Waals surface area contributed by atoms with E-state index in [0.29, 0.717) is 0 Å². The quantitative estimate of drug-likeness (QED) is 0.855. The second-order valence-corrected chi connectivity index (χ2v) is 6.94. The van der Waals surface area contributed by atoms with Crippen molar-refractivity contribution in [2.24, 2.45) is 5.41 Å². The van der Waals surface area contributed by atoms with Crippen molar-refractivity contribution >= 4 is 17.8 Å². The van der Waals surface area contributed by atoms with E-state index in [0.717, 1.165) is 10.5 Å². The number of hydrogen-bond acceptors (Lipinski definition) is 5. The predicted octanol–water partition coefficient (Wildman–Crippen LogP) is 2.85. The molecule has 0 saturated carbocycles. The highest BCUT2D eigenvalue weighted by Crippen LogP contribution is 2.34. The number of amides is 2. The summed E-state index contributed by atoms with van der Waals surface area (Å²) in [5.41, 5.74) is -0.239. The summed E-state index contributed by atoms with van der Waals surface area (Å²) in [6.07, 6.45) is -2.46. The van der Waals surface area contributed by atoms with Gasteiger partial charge in [0.2, 0.25) is 5.91 Å². The zero-order valence-electron chi connectivity index (χ0n) is 15.1. The number of carbonyl (C=O) groups excluding carboxylic acids is 3.